The quantitative estimate of drug-likeness (QED) is 0.617. The Morgan fingerprint density at radius 3 is 2.77 bits per heavy atom. The van der Waals surface area contributed by atoms with E-state index in [1.165, 1.54) is 18.2 Å². The van der Waals surface area contributed by atoms with E-state index in [2.05, 4.69) is 0 Å². The average Bonchev–Trinajstić information content (AvgIpc) is 2.02. The van der Waals surface area contributed by atoms with Gasteiger partial charge in [0, 0.05) is 12.2 Å². The lowest BCUT2D eigenvalue weighted by Crippen LogP contribution is -2.11. The Balaban J connectivity index is 2.71. The summed E-state index contributed by atoms with van der Waals surface area (Å²) >= 11 is 0. The summed E-state index contributed by atoms with van der Waals surface area (Å²) in [5.74, 6) is -2.10. The Labute approximate surface area is 74.5 Å². The summed E-state index contributed by atoms with van der Waals surface area (Å²) in [6.07, 6.45) is 6.04. The summed E-state index contributed by atoms with van der Waals surface area (Å²) in [4.78, 5) is 21.2. The van der Waals surface area contributed by atoms with Crippen LogP contribution in [0.1, 0.15) is 0 Å². The average molecular weight is 180 g/mol. The summed E-state index contributed by atoms with van der Waals surface area (Å²) in [5, 5.41) is 17.2. The number of hydrogen-bond donors (Lipinski definition) is 2. The molecule has 1 rings (SSSR count). The van der Waals surface area contributed by atoms with Crippen LogP contribution in [0, 0.1) is 5.92 Å². The van der Waals surface area contributed by atoms with Crippen LogP contribution in [0.3, 0.4) is 0 Å². The highest BCUT2D eigenvalue weighted by molar-refractivity contribution is 5.97. The van der Waals surface area contributed by atoms with Crippen molar-refractivity contribution in [2.75, 3.05) is 0 Å². The Morgan fingerprint density at radius 1 is 1.54 bits per heavy atom. The largest absolute Gasteiger partial charge is 0.508 e. The number of aliphatic carboxylic acids is 1. The topological polar surface area (TPSA) is 74.6 Å². The van der Waals surface area contributed by atoms with Gasteiger partial charge in [-0.05, 0) is 6.08 Å². The Kier molecular flexibility index (Phi) is 2.64. The standard InChI is InChI=1S/C9H8O4/c10-7-3-1-6(8(11)5-7)2-4-9(12)13/h1-6,10H,(H,12,13). The van der Waals surface area contributed by atoms with Gasteiger partial charge in [0.25, 0.3) is 0 Å². The zero-order valence-corrected chi connectivity index (χ0v) is 6.68. The van der Waals surface area contributed by atoms with Crippen molar-refractivity contribution in [3.8, 4) is 0 Å². The first-order valence-electron chi connectivity index (χ1n) is 3.63. The number of carbonyl (C=O) groups excluding carboxylic acids is 1. The number of aliphatic hydroxyl groups excluding tert-OH is 1. The monoisotopic (exact) mass is 180 g/mol. The van der Waals surface area contributed by atoms with Crippen LogP contribution in [0.25, 0.3) is 0 Å². The van der Waals surface area contributed by atoms with E-state index < -0.39 is 11.9 Å². The van der Waals surface area contributed by atoms with Gasteiger partial charge in [0.1, 0.15) is 5.76 Å². The molecular formula is C9H8O4. The molecule has 0 bridgehead atoms. The predicted octanol–water partition coefficient (Wildman–Crippen LogP) is 0.824. The number of carboxylic acid groups (broad SMARTS) is 1. The molecule has 4 nitrogen and oxygen atoms in total. The zero-order valence-electron chi connectivity index (χ0n) is 6.68. The number of carbonyl (C=O) groups is 2. The second-order valence-electron chi connectivity index (χ2n) is 2.55. The van der Waals surface area contributed by atoms with E-state index >= 15 is 0 Å². The molecule has 0 aliphatic heterocycles. The van der Waals surface area contributed by atoms with E-state index in [0.717, 1.165) is 12.2 Å². The molecule has 0 radical (unpaired) electrons. The van der Waals surface area contributed by atoms with Crippen LogP contribution in [0.4, 0.5) is 0 Å². The van der Waals surface area contributed by atoms with E-state index in [4.69, 9.17) is 10.2 Å². The highest BCUT2D eigenvalue weighted by Gasteiger charge is 2.14. The van der Waals surface area contributed by atoms with Gasteiger partial charge in [-0.15, -0.1) is 0 Å². The number of aliphatic hydroxyl groups is 1. The lowest BCUT2D eigenvalue weighted by atomic mass is 9.98. The molecule has 0 fully saturated rings. The molecule has 0 aromatic heterocycles. The molecule has 2 N–H and O–H groups in total. The molecule has 0 saturated carbocycles. The van der Waals surface area contributed by atoms with E-state index in [-0.39, 0.29) is 11.5 Å². The van der Waals surface area contributed by atoms with Crippen LogP contribution in [-0.4, -0.2) is 22.0 Å². The second-order valence-corrected chi connectivity index (χ2v) is 2.55. The van der Waals surface area contributed by atoms with Gasteiger partial charge in [-0.3, -0.25) is 4.79 Å². The summed E-state index contributed by atoms with van der Waals surface area (Å²) in [6, 6.07) is 0. The third-order valence-electron chi connectivity index (χ3n) is 1.54. The second kappa shape index (κ2) is 3.71. The van der Waals surface area contributed by atoms with E-state index in [9.17, 15) is 9.59 Å². The molecule has 1 aliphatic rings. The third kappa shape index (κ3) is 2.59. The summed E-state index contributed by atoms with van der Waals surface area (Å²) in [6.45, 7) is 0. The Hall–Kier alpha value is -1.84. The summed E-state index contributed by atoms with van der Waals surface area (Å²) in [5.41, 5.74) is 0. The lowest BCUT2D eigenvalue weighted by molar-refractivity contribution is -0.131. The first kappa shape index (κ1) is 9.25. The van der Waals surface area contributed by atoms with Gasteiger partial charge in [0.2, 0.25) is 0 Å². The van der Waals surface area contributed by atoms with Crippen molar-refractivity contribution in [3.05, 3.63) is 36.1 Å². The number of hydrogen-bond acceptors (Lipinski definition) is 3. The Bertz CT molecular complexity index is 323. The normalized spacial score (nSPS) is 22.0. The molecule has 0 heterocycles. The minimum atomic E-state index is -1.10. The van der Waals surface area contributed by atoms with Crippen molar-refractivity contribution >= 4 is 11.8 Å². The fraction of sp³-hybridized carbons (Fsp3) is 0.111. The van der Waals surface area contributed by atoms with Crippen LogP contribution >= 0.6 is 0 Å². The highest BCUT2D eigenvalue weighted by atomic mass is 16.4. The first-order chi connectivity index (χ1) is 6.09. The van der Waals surface area contributed by atoms with E-state index in [1.807, 2.05) is 0 Å². The van der Waals surface area contributed by atoms with Crippen molar-refractivity contribution in [1.29, 1.82) is 0 Å². The maximum Gasteiger partial charge on any atom is 0.328 e. The molecule has 68 valence electrons. The smallest absolute Gasteiger partial charge is 0.328 e. The lowest BCUT2D eigenvalue weighted by Gasteiger charge is -2.07. The predicted molar refractivity (Wildman–Crippen MR) is 45.1 cm³/mol. The van der Waals surface area contributed by atoms with Gasteiger partial charge in [-0.1, -0.05) is 12.2 Å². The molecule has 0 aromatic rings. The summed E-state index contributed by atoms with van der Waals surface area (Å²) < 4.78 is 0. The molecule has 0 saturated heterocycles. The number of rotatable bonds is 2. The number of ketones is 1. The molecule has 0 spiro atoms. The van der Waals surface area contributed by atoms with E-state index in [0.29, 0.717) is 0 Å². The van der Waals surface area contributed by atoms with Crippen LogP contribution in [0.2, 0.25) is 0 Å². The van der Waals surface area contributed by atoms with Crippen molar-refractivity contribution in [1.82, 2.24) is 0 Å². The fourth-order valence-electron chi connectivity index (χ4n) is 0.932. The molecule has 0 amide bonds. The molecule has 13 heavy (non-hydrogen) atoms. The van der Waals surface area contributed by atoms with Crippen LogP contribution in [-0.2, 0) is 9.59 Å². The molecule has 4 heteroatoms. The third-order valence-corrected chi connectivity index (χ3v) is 1.54. The van der Waals surface area contributed by atoms with E-state index in [1.54, 1.807) is 0 Å². The Morgan fingerprint density at radius 2 is 2.23 bits per heavy atom. The van der Waals surface area contributed by atoms with Gasteiger partial charge in [-0.25, -0.2) is 4.79 Å². The minimum absolute atomic E-state index is 0.107. The van der Waals surface area contributed by atoms with Crippen molar-refractivity contribution in [2.24, 2.45) is 5.92 Å². The van der Waals surface area contributed by atoms with Crippen LogP contribution in [0.5, 0.6) is 0 Å². The van der Waals surface area contributed by atoms with Crippen molar-refractivity contribution in [3.63, 3.8) is 0 Å². The summed E-state index contributed by atoms with van der Waals surface area (Å²) in [7, 11) is 0. The van der Waals surface area contributed by atoms with Gasteiger partial charge >= 0.3 is 5.97 Å². The zero-order chi connectivity index (χ0) is 9.84. The molecule has 0 aromatic carbocycles. The minimum Gasteiger partial charge on any atom is -0.508 e. The molecular weight excluding hydrogens is 172 g/mol. The molecule has 1 unspecified atom stereocenters. The maximum atomic E-state index is 11.1. The van der Waals surface area contributed by atoms with Gasteiger partial charge in [-0.2, -0.15) is 0 Å². The number of carboxylic acids is 1. The SMILES string of the molecule is O=C(O)C=CC1C=CC(O)=CC1=O. The van der Waals surface area contributed by atoms with Crippen molar-refractivity contribution < 1.29 is 19.8 Å². The first-order valence-corrected chi connectivity index (χ1v) is 3.63. The molecule has 1 atom stereocenters. The van der Waals surface area contributed by atoms with Crippen LogP contribution in [0.15, 0.2) is 36.1 Å². The maximum absolute atomic E-state index is 11.1. The van der Waals surface area contributed by atoms with Crippen LogP contribution < -0.4 is 0 Å². The van der Waals surface area contributed by atoms with Crippen molar-refractivity contribution in [2.45, 2.75) is 0 Å². The van der Waals surface area contributed by atoms with Gasteiger partial charge in [0.05, 0.1) is 5.92 Å². The van der Waals surface area contributed by atoms with Gasteiger partial charge in [0.15, 0.2) is 5.78 Å². The number of allylic oxidation sites excluding steroid dienone is 4. The van der Waals surface area contributed by atoms with Gasteiger partial charge < -0.3 is 10.2 Å². The molecule has 1 aliphatic carbocycles. The highest BCUT2D eigenvalue weighted by Crippen LogP contribution is 2.12. The fourth-order valence-corrected chi connectivity index (χ4v) is 0.932.